The van der Waals surface area contributed by atoms with Crippen LogP contribution in [0.4, 0.5) is 5.13 Å². The van der Waals surface area contributed by atoms with Gasteiger partial charge in [0.1, 0.15) is 0 Å². The van der Waals surface area contributed by atoms with Gasteiger partial charge in [-0.25, -0.2) is 4.98 Å². The summed E-state index contributed by atoms with van der Waals surface area (Å²) in [7, 11) is 0. The third-order valence-corrected chi connectivity index (χ3v) is 6.16. The molecule has 2 aromatic heterocycles. The van der Waals surface area contributed by atoms with E-state index in [1.54, 1.807) is 29.3 Å². The van der Waals surface area contributed by atoms with Crippen LogP contribution in [0.15, 0.2) is 41.9 Å². The molecule has 1 saturated heterocycles. The van der Waals surface area contributed by atoms with Crippen molar-refractivity contribution in [3.8, 4) is 11.3 Å². The molecule has 1 aromatic carbocycles. The molecule has 0 spiro atoms. The molecule has 1 fully saturated rings. The number of anilines is 1. The second-order valence-corrected chi connectivity index (χ2v) is 8.56. The summed E-state index contributed by atoms with van der Waals surface area (Å²) < 4.78 is 5.77. The molecule has 1 aliphatic heterocycles. The number of carbonyl (C=O) groups is 1. The molecular weight excluding hydrogens is 429 g/mol. The van der Waals surface area contributed by atoms with Crippen molar-refractivity contribution >= 4 is 45.6 Å². The number of hydrogen-bond donors (Lipinski definition) is 0. The molecule has 29 heavy (non-hydrogen) atoms. The normalized spacial score (nSPS) is 16.2. The number of ether oxygens (including phenoxy) is 1. The highest BCUT2D eigenvalue weighted by molar-refractivity contribution is 7.14. The minimum atomic E-state index is -0.142. The second kappa shape index (κ2) is 8.79. The van der Waals surface area contributed by atoms with Gasteiger partial charge in [-0.1, -0.05) is 23.2 Å². The molecule has 0 N–H and O–H groups in total. The van der Waals surface area contributed by atoms with Crippen LogP contribution >= 0.6 is 34.5 Å². The summed E-state index contributed by atoms with van der Waals surface area (Å²) in [6.07, 6.45) is 3.54. The second-order valence-electron chi connectivity index (χ2n) is 6.88. The van der Waals surface area contributed by atoms with Crippen LogP contribution in [0.1, 0.15) is 28.9 Å². The quantitative estimate of drug-likeness (QED) is 0.507. The highest BCUT2D eigenvalue weighted by Crippen LogP contribution is 2.34. The number of rotatable bonds is 5. The van der Waals surface area contributed by atoms with Gasteiger partial charge < -0.3 is 4.74 Å². The fourth-order valence-electron chi connectivity index (χ4n) is 3.20. The Balaban J connectivity index is 1.66. The third kappa shape index (κ3) is 4.61. The van der Waals surface area contributed by atoms with Crippen molar-refractivity contribution in [2.24, 2.45) is 0 Å². The van der Waals surface area contributed by atoms with Crippen molar-refractivity contribution in [2.75, 3.05) is 18.1 Å². The molecule has 5 nitrogen and oxygen atoms in total. The monoisotopic (exact) mass is 447 g/mol. The lowest BCUT2D eigenvalue weighted by molar-refractivity contribution is 0.0917. The summed E-state index contributed by atoms with van der Waals surface area (Å²) in [4.78, 5) is 23.9. The van der Waals surface area contributed by atoms with Crippen LogP contribution in [0.5, 0.6) is 0 Å². The van der Waals surface area contributed by atoms with Crippen molar-refractivity contribution in [1.82, 2.24) is 9.97 Å². The molecule has 0 unspecified atom stereocenters. The predicted octanol–water partition coefficient (Wildman–Crippen LogP) is 5.65. The number of carbonyl (C=O) groups excluding carboxylic acids is 1. The molecule has 0 bridgehead atoms. The molecule has 0 saturated carbocycles. The first-order valence-corrected chi connectivity index (χ1v) is 10.9. The number of amides is 1. The average molecular weight is 448 g/mol. The lowest BCUT2D eigenvalue weighted by atomic mass is 10.2. The Kier molecular flexibility index (Phi) is 6.15. The van der Waals surface area contributed by atoms with Crippen molar-refractivity contribution in [3.05, 3.63) is 63.2 Å². The molecule has 3 aromatic rings. The molecule has 1 atom stereocenters. The SMILES string of the molecule is Cc1ccc(C(=O)N(C[C@@H]2CCCO2)c2nc(-c3ccc(Cl)cc3Cl)cs2)cn1. The minimum absolute atomic E-state index is 0.00354. The number of benzene rings is 1. The van der Waals surface area contributed by atoms with Crippen molar-refractivity contribution < 1.29 is 9.53 Å². The van der Waals surface area contributed by atoms with E-state index in [2.05, 4.69) is 4.98 Å². The lowest BCUT2D eigenvalue weighted by Crippen LogP contribution is -2.37. The maximum Gasteiger partial charge on any atom is 0.261 e. The van der Waals surface area contributed by atoms with Gasteiger partial charge >= 0.3 is 0 Å². The summed E-state index contributed by atoms with van der Waals surface area (Å²) in [5.41, 5.74) is 2.87. The van der Waals surface area contributed by atoms with Crippen LogP contribution < -0.4 is 4.90 Å². The number of hydrogen-bond acceptors (Lipinski definition) is 5. The molecule has 0 radical (unpaired) electrons. The largest absolute Gasteiger partial charge is 0.376 e. The Morgan fingerprint density at radius 1 is 1.31 bits per heavy atom. The van der Waals surface area contributed by atoms with E-state index in [0.29, 0.717) is 33.0 Å². The van der Waals surface area contributed by atoms with E-state index >= 15 is 0 Å². The van der Waals surface area contributed by atoms with Crippen LogP contribution in [0.2, 0.25) is 10.0 Å². The summed E-state index contributed by atoms with van der Waals surface area (Å²) in [5, 5.41) is 3.59. The number of aryl methyl sites for hydroxylation is 1. The number of aromatic nitrogens is 2. The summed E-state index contributed by atoms with van der Waals surface area (Å²) in [5.74, 6) is -0.142. The van der Waals surface area contributed by atoms with Crippen molar-refractivity contribution in [3.63, 3.8) is 0 Å². The van der Waals surface area contributed by atoms with Gasteiger partial charge in [0.2, 0.25) is 0 Å². The van der Waals surface area contributed by atoms with E-state index in [0.717, 1.165) is 30.7 Å². The number of thiazole rings is 1. The van der Waals surface area contributed by atoms with E-state index in [4.69, 9.17) is 32.9 Å². The van der Waals surface area contributed by atoms with E-state index < -0.39 is 0 Å². The predicted molar refractivity (Wildman–Crippen MR) is 117 cm³/mol. The van der Waals surface area contributed by atoms with E-state index in [1.807, 2.05) is 24.4 Å². The van der Waals surface area contributed by atoms with Gasteiger partial charge in [-0.3, -0.25) is 14.7 Å². The fraction of sp³-hybridized carbons (Fsp3) is 0.286. The molecule has 3 heterocycles. The number of nitrogens with zero attached hydrogens (tertiary/aromatic N) is 3. The van der Waals surface area contributed by atoms with Gasteiger partial charge in [0.15, 0.2) is 5.13 Å². The Morgan fingerprint density at radius 2 is 2.17 bits per heavy atom. The Bertz CT molecular complexity index is 1020. The van der Waals surface area contributed by atoms with E-state index in [1.165, 1.54) is 11.3 Å². The van der Waals surface area contributed by atoms with Crippen LogP contribution in [0, 0.1) is 6.92 Å². The molecule has 8 heteroatoms. The van der Waals surface area contributed by atoms with Crippen LogP contribution in [-0.4, -0.2) is 35.1 Å². The fourth-order valence-corrected chi connectivity index (χ4v) is 4.54. The summed E-state index contributed by atoms with van der Waals surface area (Å²) >= 11 is 13.7. The number of halogens is 2. The number of pyridine rings is 1. The highest BCUT2D eigenvalue weighted by atomic mass is 35.5. The van der Waals surface area contributed by atoms with Crippen LogP contribution in [0.3, 0.4) is 0 Å². The van der Waals surface area contributed by atoms with E-state index in [-0.39, 0.29) is 12.0 Å². The molecule has 1 aliphatic rings. The van der Waals surface area contributed by atoms with E-state index in [9.17, 15) is 4.79 Å². The smallest absolute Gasteiger partial charge is 0.261 e. The molecular formula is C21H19Cl2N3O2S. The molecule has 0 aliphatic carbocycles. The summed E-state index contributed by atoms with van der Waals surface area (Å²) in [6, 6.07) is 8.91. The molecule has 4 rings (SSSR count). The highest BCUT2D eigenvalue weighted by Gasteiger charge is 2.27. The van der Waals surface area contributed by atoms with Gasteiger partial charge in [0.05, 0.1) is 28.9 Å². The zero-order chi connectivity index (χ0) is 20.4. The van der Waals surface area contributed by atoms with Gasteiger partial charge in [-0.2, -0.15) is 0 Å². The Morgan fingerprint density at radius 3 is 2.86 bits per heavy atom. The molecule has 1 amide bonds. The maximum atomic E-state index is 13.3. The first-order valence-electron chi connectivity index (χ1n) is 9.28. The van der Waals surface area contributed by atoms with Gasteiger partial charge in [0.25, 0.3) is 5.91 Å². The average Bonchev–Trinajstić information content (AvgIpc) is 3.38. The first kappa shape index (κ1) is 20.3. The van der Waals surface area contributed by atoms with Gasteiger partial charge in [-0.05, 0) is 50.1 Å². The standard InChI is InChI=1S/C21H19Cl2N3O2S/c1-13-4-5-14(10-24-13)20(27)26(11-16-3-2-8-28-16)21-25-19(12-29-21)17-7-6-15(22)9-18(17)23/h4-7,9-10,12,16H,2-3,8,11H2,1H3/t16-/m0/s1. The minimum Gasteiger partial charge on any atom is -0.376 e. The van der Waals surface area contributed by atoms with Crippen LogP contribution in [-0.2, 0) is 4.74 Å². The Hall–Kier alpha value is -1.99. The lowest BCUT2D eigenvalue weighted by Gasteiger charge is -2.23. The maximum absolute atomic E-state index is 13.3. The van der Waals surface area contributed by atoms with Crippen molar-refractivity contribution in [2.45, 2.75) is 25.9 Å². The topological polar surface area (TPSA) is 55.3 Å². The summed E-state index contributed by atoms with van der Waals surface area (Å²) in [6.45, 7) is 3.07. The zero-order valence-corrected chi connectivity index (χ0v) is 18.1. The first-order chi connectivity index (χ1) is 14.0. The van der Waals surface area contributed by atoms with Crippen LogP contribution in [0.25, 0.3) is 11.3 Å². The third-order valence-electron chi connectivity index (χ3n) is 4.74. The Labute approximate surface area is 183 Å². The van der Waals surface area contributed by atoms with Gasteiger partial charge in [0, 0.05) is 34.5 Å². The van der Waals surface area contributed by atoms with Crippen molar-refractivity contribution in [1.29, 1.82) is 0 Å². The molecule has 150 valence electrons. The van der Waals surface area contributed by atoms with Gasteiger partial charge in [-0.15, -0.1) is 11.3 Å². The zero-order valence-electron chi connectivity index (χ0n) is 15.8.